The Labute approximate surface area is 116 Å². The van der Waals surface area contributed by atoms with Crippen molar-refractivity contribution in [1.29, 1.82) is 0 Å². The SMILES string of the molecule is O=C(c1cc(Br)ccc1F)N1CCCC1CBr. The number of likely N-dealkylation sites (tertiary alicyclic amines) is 1. The zero-order valence-electron chi connectivity index (χ0n) is 9.13. The standard InChI is InChI=1S/C12H12Br2FNO/c13-7-9-2-1-5-16(9)12(17)10-6-8(14)3-4-11(10)15/h3-4,6,9H,1-2,5,7H2. The van der Waals surface area contributed by atoms with Gasteiger partial charge < -0.3 is 4.90 Å². The lowest BCUT2D eigenvalue weighted by molar-refractivity contribution is 0.0745. The van der Waals surface area contributed by atoms with Crippen LogP contribution in [0.5, 0.6) is 0 Å². The van der Waals surface area contributed by atoms with E-state index in [2.05, 4.69) is 31.9 Å². The van der Waals surface area contributed by atoms with Gasteiger partial charge in [0, 0.05) is 22.4 Å². The monoisotopic (exact) mass is 363 g/mol. The van der Waals surface area contributed by atoms with Crippen molar-refractivity contribution in [3.63, 3.8) is 0 Å². The molecule has 5 heteroatoms. The summed E-state index contributed by atoms with van der Waals surface area (Å²) < 4.78 is 14.3. The average molecular weight is 365 g/mol. The van der Waals surface area contributed by atoms with Crippen LogP contribution in [0, 0.1) is 5.82 Å². The van der Waals surface area contributed by atoms with E-state index in [1.54, 1.807) is 17.0 Å². The highest BCUT2D eigenvalue weighted by Gasteiger charge is 2.29. The number of carbonyl (C=O) groups is 1. The number of halogens is 3. The average Bonchev–Trinajstić information content (AvgIpc) is 2.79. The van der Waals surface area contributed by atoms with E-state index < -0.39 is 5.82 Å². The molecule has 1 aromatic rings. The van der Waals surface area contributed by atoms with Crippen molar-refractivity contribution in [3.05, 3.63) is 34.1 Å². The number of hydrogen-bond acceptors (Lipinski definition) is 1. The van der Waals surface area contributed by atoms with Crippen molar-refractivity contribution < 1.29 is 9.18 Å². The molecule has 1 unspecified atom stereocenters. The highest BCUT2D eigenvalue weighted by atomic mass is 79.9. The summed E-state index contributed by atoms with van der Waals surface area (Å²) in [7, 11) is 0. The molecule has 0 spiro atoms. The quantitative estimate of drug-likeness (QED) is 0.734. The molecule has 1 heterocycles. The van der Waals surface area contributed by atoms with Crippen LogP contribution < -0.4 is 0 Å². The molecule has 1 saturated heterocycles. The molecule has 1 atom stereocenters. The Balaban J connectivity index is 2.27. The van der Waals surface area contributed by atoms with Crippen molar-refractivity contribution in [2.24, 2.45) is 0 Å². The van der Waals surface area contributed by atoms with E-state index in [0.717, 1.165) is 22.6 Å². The lowest BCUT2D eigenvalue weighted by Crippen LogP contribution is -2.36. The van der Waals surface area contributed by atoms with Gasteiger partial charge in [-0.15, -0.1) is 0 Å². The third-order valence-electron chi connectivity index (χ3n) is 2.97. The Morgan fingerprint density at radius 2 is 2.29 bits per heavy atom. The molecule has 0 aromatic heterocycles. The Bertz CT molecular complexity index is 439. The second-order valence-electron chi connectivity index (χ2n) is 4.07. The molecule has 0 N–H and O–H groups in total. The summed E-state index contributed by atoms with van der Waals surface area (Å²) in [6, 6.07) is 4.64. The van der Waals surface area contributed by atoms with Crippen molar-refractivity contribution in [3.8, 4) is 0 Å². The second kappa shape index (κ2) is 5.48. The Kier molecular flexibility index (Phi) is 4.20. The number of benzene rings is 1. The largest absolute Gasteiger partial charge is 0.335 e. The van der Waals surface area contributed by atoms with E-state index in [1.165, 1.54) is 6.07 Å². The minimum Gasteiger partial charge on any atom is -0.335 e. The van der Waals surface area contributed by atoms with E-state index in [0.29, 0.717) is 6.54 Å². The van der Waals surface area contributed by atoms with Gasteiger partial charge in [-0.25, -0.2) is 4.39 Å². The topological polar surface area (TPSA) is 20.3 Å². The van der Waals surface area contributed by atoms with E-state index in [1.807, 2.05) is 0 Å². The molecule has 17 heavy (non-hydrogen) atoms. The maximum absolute atomic E-state index is 13.6. The third kappa shape index (κ3) is 2.71. The van der Waals surface area contributed by atoms with Gasteiger partial charge in [0.15, 0.2) is 0 Å². The zero-order valence-corrected chi connectivity index (χ0v) is 12.3. The van der Waals surface area contributed by atoms with Crippen LogP contribution in [-0.2, 0) is 0 Å². The summed E-state index contributed by atoms with van der Waals surface area (Å²) in [5.74, 6) is -0.677. The molecular formula is C12H12Br2FNO. The normalized spacial score (nSPS) is 19.7. The first-order valence-corrected chi connectivity index (χ1v) is 7.37. The van der Waals surface area contributed by atoms with Gasteiger partial charge in [0.25, 0.3) is 5.91 Å². The number of rotatable bonds is 2. The van der Waals surface area contributed by atoms with Crippen LogP contribution in [0.3, 0.4) is 0 Å². The van der Waals surface area contributed by atoms with Crippen molar-refractivity contribution in [2.75, 3.05) is 11.9 Å². The van der Waals surface area contributed by atoms with Crippen LogP contribution in [0.2, 0.25) is 0 Å². The van der Waals surface area contributed by atoms with Crippen LogP contribution in [0.1, 0.15) is 23.2 Å². The molecule has 1 aliphatic rings. The zero-order chi connectivity index (χ0) is 12.4. The minimum atomic E-state index is -0.460. The van der Waals surface area contributed by atoms with Gasteiger partial charge in [-0.3, -0.25) is 4.79 Å². The van der Waals surface area contributed by atoms with Crippen molar-refractivity contribution in [1.82, 2.24) is 4.90 Å². The fourth-order valence-corrected chi connectivity index (χ4v) is 3.11. The van der Waals surface area contributed by atoms with E-state index in [-0.39, 0.29) is 17.5 Å². The van der Waals surface area contributed by atoms with Crippen LogP contribution >= 0.6 is 31.9 Å². The first-order chi connectivity index (χ1) is 8.13. The molecule has 1 amide bonds. The van der Waals surface area contributed by atoms with E-state index >= 15 is 0 Å². The van der Waals surface area contributed by atoms with Gasteiger partial charge >= 0.3 is 0 Å². The highest BCUT2D eigenvalue weighted by Crippen LogP contribution is 2.24. The predicted molar refractivity (Wildman–Crippen MR) is 72.0 cm³/mol. The molecule has 0 radical (unpaired) electrons. The Morgan fingerprint density at radius 3 is 3.00 bits per heavy atom. The number of amides is 1. The van der Waals surface area contributed by atoms with Crippen molar-refractivity contribution in [2.45, 2.75) is 18.9 Å². The molecular weight excluding hydrogens is 353 g/mol. The molecule has 2 rings (SSSR count). The first kappa shape index (κ1) is 13.0. The van der Waals surface area contributed by atoms with Crippen LogP contribution in [0.4, 0.5) is 4.39 Å². The van der Waals surface area contributed by atoms with Gasteiger partial charge in [-0.1, -0.05) is 31.9 Å². The van der Waals surface area contributed by atoms with Gasteiger partial charge in [0.1, 0.15) is 5.82 Å². The number of nitrogens with zero attached hydrogens (tertiary/aromatic N) is 1. The summed E-state index contributed by atoms with van der Waals surface area (Å²) in [5.41, 5.74) is 0.146. The summed E-state index contributed by atoms with van der Waals surface area (Å²) in [4.78, 5) is 14.0. The number of carbonyl (C=O) groups excluding carboxylic acids is 1. The molecule has 2 nitrogen and oxygen atoms in total. The van der Waals surface area contributed by atoms with Crippen LogP contribution in [0.25, 0.3) is 0 Å². The second-order valence-corrected chi connectivity index (χ2v) is 5.64. The van der Waals surface area contributed by atoms with Crippen molar-refractivity contribution >= 4 is 37.8 Å². The van der Waals surface area contributed by atoms with Gasteiger partial charge in [0.05, 0.1) is 5.56 Å². The Hall–Kier alpha value is -0.420. The highest BCUT2D eigenvalue weighted by molar-refractivity contribution is 9.10. The smallest absolute Gasteiger partial charge is 0.257 e. The molecule has 1 aliphatic heterocycles. The third-order valence-corrected chi connectivity index (χ3v) is 4.22. The van der Waals surface area contributed by atoms with Gasteiger partial charge in [0.2, 0.25) is 0 Å². The van der Waals surface area contributed by atoms with Gasteiger partial charge in [-0.05, 0) is 31.0 Å². The lowest BCUT2D eigenvalue weighted by atomic mass is 10.1. The van der Waals surface area contributed by atoms with E-state index in [4.69, 9.17) is 0 Å². The molecule has 0 saturated carbocycles. The lowest BCUT2D eigenvalue weighted by Gasteiger charge is -2.23. The minimum absolute atomic E-state index is 0.146. The van der Waals surface area contributed by atoms with Crippen LogP contribution in [-0.4, -0.2) is 28.7 Å². The molecule has 92 valence electrons. The van der Waals surface area contributed by atoms with Gasteiger partial charge in [-0.2, -0.15) is 0 Å². The first-order valence-electron chi connectivity index (χ1n) is 5.45. The summed E-state index contributed by atoms with van der Waals surface area (Å²) in [6.45, 7) is 0.709. The summed E-state index contributed by atoms with van der Waals surface area (Å²) in [6.07, 6.45) is 1.96. The Morgan fingerprint density at radius 1 is 1.53 bits per heavy atom. The number of hydrogen-bond donors (Lipinski definition) is 0. The molecule has 1 aromatic carbocycles. The fourth-order valence-electron chi connectivity index (χ4n) is 2.08. The maximum Gasteiger partial charge on any atom is 0.257 e. The fraction of sp³-hybridized carbons (Fsp3) is 0.417. The predicted octanol–water partition coefficient (Wildman–Crippen LogP) is 3.59. The summed E-state index contributed by atoms with van der Waals surface area (Å²) >= 11 is 6.65. The summed E-state index contributed by atoms with van der Waals surface area (Å²) in [5, 5.41) is 0.744. The molecule has 1 fully saturated rings. The molecule has 0 aliphatic carbocycles. The maximum atomic E-state index is 13.6. The molecule has 0 bridgehead atoms. The van der Waals surface area contributed by atoms with Crippen LogP contribution in [0.15, 0.2) is 22.7 Å². The number of alkyl halides is 1. The van der Waals surface area contributed by atoms with E-state index in [9.17, 15) is 9.18 Å².